The van der Waals surface area contributed by atoms with Crippen LogP contribution < -0.4 is 15.4 Å². The lowest BCUT2D eigenvalue weighted by Crippen LogP contribution is -2.49. The molecule has 2 aromatic rings. The molecule has 4 rings (SSSR count). The van der Waals surface area contributed by atoms with E-state index in [1.165, 1.54) is 4.68 Å². The lowest BCUT2D eigenvalue weighted by molar-refractivity contribution is -0.132. The van der Waals surface area contributed by atoms with Gasteiger partial charge >= 0.3 is 0 Å². The number of oxime groups is 1. The van der Waals surface area contributed by atoms with Crippen LogP contribution in [-0.4, -0.2) is 71.1 Å². The average Bonchev–Trinajstić information content (AvgIpc) is 3.17. The summed E-state index contributed by atoms with van der Waals surface area (Å²) in [4.78, 5) is 21.3. The van der Waals surface area contributed by atoms with Gasteiger partial charge in [0.15, 0.2) is 11.7 Å². The third-order valence-electron chi connectivity index (χ3n) is 5.53. The van der Waals surface area contributed by atoms with Gasteiger partial charge in [-0.3, -0.25) is 4.79 Å². The Labute approximate surface area is 184 Å². The minimum absolute atomic E-state index is 0.0488. The number of piperazine rings is 1. The number of anilines is 1. The smallest absolute Gasteiger partial charge is 0.244 e. The molecule has 0 unspecified atom stereocenters. The summed E-state index contributed by atoms with van der Waals surface area (Å²) in [7, 11) is 1.59. The van der Waals surface area contributed by atoms with E-state index in [9.17, 15) is 4.79 Å². The minimum atomic E-state index is -0.0773. The normalized spacial score (nSPS) is 16.4. The lowest BCUT2D eigenvalue weighted by Gasteiger charge is -2.36. The molecule has 1 aromatic carbocycles. The topological polar surface area (TPSA) is 122 Å². The van der Waals surface area contributed by atoms with Crippen molar-refractivity contribution in [1.82, 2.24) is 14.7 Å². The first-order valence-electron chi connectivity index (χ1n) is 9.98. The third-order valence-corrected chi connectivity index (χ3v) is 5.84. The molecule has 0 atom stereocenters. The maximum atomic E-state index is 12.9. The number of hydrogen-bond acceptors (Lipinski definition) is 7. The predicted molar refractivity (Wildman–Crippen MR) is 118 cm³/mol. The van der Waals surface area contributed by atoms with Crippen LogP contribution >= 0.6 is 11.6 Å². The Morgan fingerprint density at radius 1 is 1.32 bits per heavy atom. The van der Waals surface area contributed by atoms with E-state index in [1.54, 1.807) is 13.3 Å². The number of nitrogens with two attached hydrogens (primary N) is 1. The predicted octanol–water partition coefficient (Wildman–Crippen LogP) is 1.64. The molecule has 1 aromatic heterocycles. The molecular formula is C20H24ClN7O3. The van der Waals surface area contributed by atoms with Crippen LogP contribution in [0.15, 0.2) is 28.3 Å². The van der Waals surface area contributed by atoms with E-state index in [-0.39, 0.29) is 18.3 Å². The molecule has 164 valence electrons. The number of ether oxygens (including phenoxy) is 1. The fourth-order valence-corrected chi connectivity index (χ4v) is 4.07. The van der Waals surface area contributed by atoms with E-state index in [0.717, 1.165) is 17.7 Å². The number of halogens is 1. The Morgan fingerprint density at radius 2 is 2.10 bits per heavy atom. The highest BCUT2D eigenvalue weighted by atomic mass is 35.5. The number of carbonyl (C=O) groups excluding carboxylic acids is 1. The molecule has 1 saturated heterocycles. The molecule has 10 nitrogen and oxygen atoms in total. The van der Waals surface area contributed by atoms with Crippen LogP contribution in [0.25, 0.3) is 0 Å². The van der Waals surface area contributed by atoms with E-state index in [1.807, 2.05) is 23.1 Å². The van der Waals surface area contributed by atoms with Crippen molar-refractivity contribution in [2.45, 2.75) is 19.4 Å². The maximum Gasteiger partial charge on any atom is 0.244 e. The van der Waals surface area contributed by atoms with E-state index >= 15 is 0 Å². The van der Waals surface area contributed by atoms with Crippen molar-refractivity contribution >= 4 is 41.1 Å². The number of benzene rings is 1. The van der Waals surface area contributed by atoms with Gasteiger partial charge in [-0.25, -0.2) is 9.67 Å². The number of hydrogen-bond donors (Lipinski definition) is 2. The van der Waals surface area contributed by atoms with Gasteiger partial charge in [0.25, 0.3) is 0 Å². The first kappa shape index (κ1) is 21.0. The van der Waals surface area contributed by atoms with Crippen molar-refractivity contribution in [2.75, 3.05) is 38.2 Å². The number of carbonyl (C=O) groups is 1. The molecule has 2 aliphatic heterocycles. The van der Waals surface area contributed by atoms with Crippen LogP contribution in [0.3, 0.4) is 0 Å². The van der Waals surface area contributed by atoms with Gasteiger partial charge in [0.2, 0.25) is 5.91 Å². The van der Waals surface area contributed by atoms with Crippen LogP contribution in [-0.2, 0) is 17.8 Å². The zero-order valence-electron chi connectivity index (χ0n) is 17.2. The summed E-state index contributed by atoms with van der Waals surface area (Å²) in [6.07, 6.45) is 3.22. The molecule has 1 fully saturated rings. The fraction of sp³-hybridized carbons (Fsp3) is 0.400. The van der Waals surface area contributed by atoms with Gasteiger partial charge < -0.3 is 25.5 Å². The van der Waals surface area contributed by atoms with Crippen molar-refractivity contribution in [3.05, 3.63) is 34.5 Å². The van der Waals surface area contributed by atoms with E-state index in [4.69, 9.17) is 27.3 Å². The van der Waals surface area contributed by atoms with Crippen molar-refractivity contribution in [3.8, 4) is 5.75 Å². The van der Waals surface area contributed by atoms with E-state index < -0.39 is 0 Å². The highest BCUT2D eigenvalue weighted by Crippen LogP contribution is 2.30. The molecule has 3 N–H and O–H groups in total. The number of methoxy groups -OCH3 is 1. The van der Waals surface area contributed by atoms with Gasteiger partial charge in [-0.1, -0.05) is 16.8 Å². The van der Waals surface area contributed by atoms with Crippen LogP contribution in [0.2, 0.25) is 5.02 Å². The molecule has 11 heteroatoms. The highest BCUT2D eigenvalue weighted by molar-refractivity contribution is 6.32. The molecule has 0 spiro atoms. The zero-order chi connectivity index (χ0) is 22.0. The summed E-state index contributed by atoms with van der Waals surface area (Å²) in [5, 5.41) is 17.0. The Balaban J connectivity index is 1.43. The van der Waals surface area contributed by atoms with Crippen LogP contribution in [0.5, 0.6) is 5.75 Å². The summed E-state index contributed by atoms with van der Waals surface area (Å²) >= 11 is 6.11. The Bertz CT molecular complexity index is 1040. The molecule has 3 heterocycles. The Kier molecular flexibility index (Phi) is 5.99. The standard InChI is InChI=1S/C20H24ClN7O3/c1-31-16-11-13(4-5-15(16)21)26-7-9-27(10-8-26)17(29)12-28-20-14(3-2-6-23-20)18(24-28)19(22)25-30/h4-6,11,30H,2-3,7-10,12H2,1H3,(H2,22,25). The first-order chi connectivity index (χ1) is 15.0. The number of nitrogens with zero attached hydrogens (tertiary/aromatic N) is 6. The van der Waals surface area contributed by atoms with Crippen LogP contribution in [0.4, 0.5) is 11.5 Å². The molecule has 31 heavy (non-hydrogen) atoms. The molecule has 2 aliphatic rings. The molecule has 1 amide bonds. The lowest BCUT2D eigenvalue weighted by atomic mass is 10.1. The van der Waals surface area contributed by atoms with Crippen molar-refractivity contribution < 1.29 is 14.7 Å². The van der Waals surface area contributed by atoms with Crippen LogP contribution in [0.1, 0.15) is 17.7 Å². The minimum Gasteiger partial charge on any atom is -0.495 e. The summed E-state index contributed by atoms with van der Waals surface area (Å²) < 4.78 is 6.84. The number of amides is 1. The summed E-state index contributed by atoms with van der Waals surface area (Å²) in [6.45, 7) is 2.61. The maximum absolute atomic E-state index is 12.9. The van der Waals surface area contributed by atoms with Crippen LogP contribution in [0, 0.1) is 0 Å². The Hall–Kier alpha value is -3.27. The number of fused-ring (bicyclic) bond motifs is 1. The SMILES string of the molecule is COc1cc(N2CCN(C(=O)Cn3nc(/C(N)=N/O)c4c3N=CCC4)CC2)ccc1Cl. The van der Waals surface area contributed by atoms with Gasteiger partial charge in [0, 0.05) is 49.7 Å². The van der Waals surface area contributed by atoms with Crippen molar-refractivity contribution in [2.24, 2.45) is 15.9 Å². The summed E-state index contributed by atoms with van der Waals surface area (Å²) in [5.74, 6) is 1.09. The second-order valence-electron chi connectivity index (χ2n) is 7.33. The number of rotatable bonds is 5. The van der Waals surface area contributed by atoms with Gasteiger partial charge in [0.05, 0.1) is 12.1 Å². The average molecular weight is 446 g/mol. The molecule has 0 bridgehead atoms. The second-order valence-corrected chi connectivity index (χ2v) is 7.74. The van der Waals surface area contributed by atoms with Crippen molar-refractivity contribution in [1.29, 1.82) is 0 Å². The van der Waals surface area contributed by atoms with Gasteiger partial charge in [-0.05, 0) is 25.0 Å². The van der Waals surface area contributed by atoms with Gasteiger partial charge in [-0.15, -0.1) is 0 Å². The molecular weight excluding hydrogens is 422 g/mol. The molecule has 0 aliphatic carbocycles. The largest absolute Gasteiger partial charge is 0.495 e. The van der Waals surface area contributed by atoms with E-state index in [0.29, 0.717) is 54.9 Å². The monoisotopic (exact) mass is 445 g/mol. The second kappa shape index (κ2) is 8.84. The Morgan fingerprint density at radius 3 is 2.81 bits per heavy atom. The fourth-order valence-electron chi connectivity index (χ4n) is 3.88. The van der Waals surface area contributed by atoms with Gasteiger partial charge in [0.1, 0.15) is 18.0 Å². The summed E-state index contributed by atoms with van der Waals surface area (Å²) in [6, 6.07) is 5.67. The number of aliphatic imine (C=N–C) groups is 1. The quantitative estimate of drug-likeness (QED) is 0.312. The number of amidine groups is 1. The first-order valence-corrected chi connectivity index (χ1v) is 10.4. The number of aromatic nitrogens is 2. The summed E-state index contributed by atoms with van der Waals surface area (Å²) in [5.41, 5.74) is 7.94. The molecule has 0 saturated carbocycles. The van der Waals surface area contributed by atoms with E-state index in [2.05, 4.69) is 20.1 Å². The van der Waals surface area contributed by atoms with Gasteiger partial charge in [-0.2, -0.15) is 5.10 Å². The van der Waals surface area contributed by atoms with Crippen molar-refractivity contribution in [3.63, 3.8) is 0 Å². The zero-order valence-corrected chi connectivity index (χ0v) is 17.9. The highest BCUT2D eigenvalue weighted by Gasteiger charge is 2.26. The molecule has 0 radical (unpaired) electrons. The third kappa shape index (κ3) is 4.15.